The van der Waals surface area contributed by atoms with Crippen molar-refractivity contribution in [1.82, 2.24) is 20.3 Å². The number of aromatic nitrogens is 3. The van der Waals surface area contributed by atoms with Crippen LogP contribution in [0.1, 0.15) is 46.4 Å². The summed E-state index contributed by atoms with van der Waals surface area (Å²) in [5, 5.41) is 17.9. The van der Waals surface area contributed by atoms with Gasteiger partial charge in [0.25, 0.3) is 5.91 Å². The van der Waals surface area contributed by atoms with Crippen LogP contribution in [0.4, 0.5) is 4.39 Å². The van der Waals surface area contributed by atoms with E-state index in [-0.39, 0.29) is 11.5 Å². The van der Waals surface area contributed by atoms with E-state index in [1.165, 1.54) is 35.4 Å². The Morgan fingerprint density at radius 1 is 1.12 bits per heavy atom. The summed E-state index contributed by atoms with van der Waals surface area (Å²) in [6.45, 7) is 0.372. The average molecular weight is 573 g/mol. The fourth-order valence-electron chi connectivity index (χ4n) is 4.45. The number of aromatic amines is 1. The van der Waals surface area contributed by atoms with Gasteiger partial charge in [-0.15, -0.1) is 23.1 Å². The minimum atomic E-state index is -0.537. The Morgan fingerprint density at radius 2 is 1.98 bits per heavy atom. The maximum absolute atomic E-state index is 14.3. The normalized spacial score (nSPS) is 12.5. The number of halogens is 1. The second kappa shape index (κ2) is 12.9. The van der Waals surface area contributed by atoms with Crippen LogP contribution in [0.15, 0.2) is 88.5 Å². The molecule has 2 heterocycles. The number of carbonyl (C=O) groups is 1. The van der Waals surface area contributed by atoms with Crippen LogP contribution in [-0.2, 0) is 0 Å². The van der Waals surface area contributed by atoms with Crippen molar-refractivity contribution < 1.29 is 14.3 Å². The molecule has 2 aromatic heterocycles. The van der Waals surface area contributed by atoms with Crippen LogP contribution in [0.5, 0.6) is 0 Å². The summed E-state index contributed by atoms with van der Waals surface area (Å²) >= 11 is 2.57. The predicted octanol–water partition coefficient (Wildman–Crippen LogP) is 6.00. The lowest BCUT2D eigenvalue weighted by Gasteiger charge is -2.16. The predicted molar refractivity (Wildman–Crippen MR) is 157 cm³/mol. The van der Waals surface area contributed by atoms with Gasteiger partial charge in [0, 0.05) is 29.1 Å². The summed E-state index contributed by atoms with van der Waals surface area (Å²) < 4.78 is 14.3. The molecule has 1 unspecified atom stereocenters. The molecular weight excluding hydrogens is 545 g/mol. The summed E-state index contributed by atoms with van der Waals surface area (Å²) in [5.41, 5.74) is 3.50. The lowest BCUT2D eigenvalue weighted by molar-refractivity contribution is -0.213. The standard InChI is InChI=1S/C30H28FN5O2S2/c1-39-25-11-6-9-22(31)27(25)30(38)33-14-5-4-10-23(36-29(37)26-17-32-18-40-26)28-34-16-24(35-28)21-13-12-19-7-2-3-8-20(19)15-21/h2-3,6-9,11-13,15-18,23H,4-5,10,14H2,1H3,(H,33,38)(H,34,35)(H,36,37)/p-1. The first kappa shape index (κ1) is 27.5. The summed E-state index contributed by atoms with van der Waals surface area (Å²) in [4.78, 5) is 30.1. The first-order chi connectivity index (χ1) is 19.5. The van der Waals surface area contributed by atoms with Crippen molar-refractivity contribution in [2.45, 2.75) is 30.2 Å². The number of fused-ring (bicyclic) bond motifs is 1. The highest BCUT2D eigenvalue weighted by molar-refractivity contribution is 7.98. The second-order valence-electron chi connectivity index (χ2n) is 9.13. The first-order valence-corrected chi connectivity index (χ1v) is 14.9. The zero-order valence-corrected chi connectivity index (χ0v) is 23.4. The van der Waals surface area contributed by atoms with Crippen LogP contribution >= 0.6 is 23.1 Å². The van der Waals surface area contributed by atoms with Crippen molar-refractivity contribution in [2.24, 2.45) is 4.99 Å². The summed E-state index contributed by atoms with van der Waals surface area (Å²) in [7, 11) is 0. The van der Waals surface area contributed by atoms with Gasteiger partial charge in [0.1, 0.15) is 17.7 Å². The smallest absolute Gasteiger partial charge is 0.255 e. The molecule has 5 rings (SSSR count). The number of imidazole rings is 1. The number of carbonyl (C=O) groups excluding carboxylic acids is 1. The van der Waals surface area contributed by atoms with E-state index in [1.54, 1.807) is 23.8 Å². The fraction of sp³-hybridized carbons (Fsp3) is 0.200. The number of nitrogens with one attached hydrogen (secondary N) is 2. The molecule has 0 radical (unpaired) electrons. The van der Waals surface area contributed by atoms with E-state index in [0.29, 0.717) is 41.4 Å². The topological polar surface area (TPSA) is 106 Å². The number of nitrogens with zero attached hydrogens (tertiary/aromatic N) is 3. The number of amides is 1. The van der Waals surface area contributed by atoms with Gasteiger partial charge in [-0.2, -0.15) is 0 Å². The lowest BCUT2D eigenvalue weighted by Crippen LogP contribution is -2.26. The molecule has 10 heteroatoms. The lowest BCUT2D eigenvalue weighted by atomic mass is 10.1. The van der Waals surface area contributed by atoms with Gasteiger partial charge in [0.15, 0.2) is 0 Å². The minimum absolute atomic E-state index is 0.0647. The van der Waals surface area contributed by atoms with Gasteiger partial charge in [-0.1, -0.05) is 42.5 Å². The van der Waals surface area contributed by atoms with Crippen molar-refractivity contribution >= 4 is 45.7 Å². The van der Waals surface area contributed by atoms with Crippen molar-refractivity contribution in [3.05, 3.63) is 101 Å². The Morgan fingerprint density at radius 3 is 2.77 bits per heavy atom. The molecule has 0 bridgehead atoms. The van der Waals surface area contributed by atoms with Crippen LogP contribution in [0, 0.1) is 5.82 Å². The Kier molecular flexibility index (Phi) is 8.87. The monoisotopic (exact) mass is 572 g/mol. The quantitative estimate of drug-likeness (QED) is 0.0875. The van der Waals surface area contributed by atoms with Crippen molar-refractivity contribution in [1.29, 1.82) is 0 Å². The maximum atomic E-state index is 14.3. The number of thioether (sulfide) groups is 1. The highest BCUT2D eigenvalue weighted by Crippen LogP contribution is 2.28. The Hall–Kier alpha value is -4.02. The van der Waals surface area contributed by atoms with Gasteiger partial charge in [-0.3, -0.25) is 14.8 Å². The van der Waals surface area contributed by atoms with Gasteiger partial charge < -0.3 is 15.4 Å². The molecule has 204 valence electrons. The minimum Gasteiger partial charge on any atom is -0.858 e. The molecule has 40 heavy (non-hydrogen) atoms. The third-order valence-electron chi connectivity index (χ3n) is 6.50. The molecule has 0 aliphatic rings. The van der Waals surface area contributed by atoms with E-state index in [0.717, 1.165) is 22.0 Å². The van der Waals surface area contributed by atoms with Crippen LogP contribution in [0.2, 0.25) is 0 Å². The number of H-pyrrole nitrogens is 1. The van der Waals surface area contributed by atoms with E-state index < -0.39 is 17.8 Å². The van der Waals surface area contributed by atoms with Crippen molar-refractivity contribution in [3.63, 3.8) is 0 Å². The third-order valence-corrected chi connectivity index (χ3v) is 8.04. The molecule has 1 amide bonds. The van der Waals surface area contributed by atoms with Gasteiger partial charge >= 0.3 is 0 Å². The molecule has 7 nitrogen and oxygen atoms in total. The van der Waals surface area contributed by atoms with E-state index in [1.807, 2.05) is 24.5 Å². The molecule has 3 aromatic carbocycles. The zero-order chi connectivity index (χ0) is 27.9. The Bertz CT molecular complexity index is 1630. The summed E-state index contributed by atoms with van der Waals surface area (Å²) in [6.07, 6.45) is 6.93. The third kappa shape index (κ3) is 6.40. The number of unbranched alkanes of at least 4 members (excludes halogenated alkanes) is 1. The van der Waals surface area contributed by atoms with Gasteiger partial charge in [-0.25, -0.2) is 9.37 Å². The molecule has 0 aliphatic heterocycles. The summed E-state index contributed by atoms with van der Waals surface area (Å²) in [6, 6.07) is 18.5. The van der Waals surface area contributed by atoms with Crippen molar-refractivity contribution in [2.75, 3.05) is 12.8 Å². The molecule has 0 fully saturated rings. The zero-order valence-electron chi connectivity index (χ0n) is 21.8. The molecule has 5 aromatic rings. The number of rotatable bonds is 11. The van der Waals surface area contributed by atoms with E-state index in [4.69, 9.17) is 0 Å². The van der Waals surface area contributed by atoms with Gasteiger partial charge in [0.2, 0.25) is 0 Å². The molecular formula is C30H27FN5O2S2-. The van der Waals surface area contributed by atoms with Crippen LogP contribution in [0.3, 0.4) is 0 Å². The molecule has 1 atom stereocenters. The molecule has 2 N–H and O–H groups in total. The molecule has 0 spiro atoms. The second-order valence-corrected chi connectivity index (χ2v) is 10.9. The van der Waals surface area contributed by atoms with Gasteiger partial charge in [-0.05, 0) is 54.5 Å². The highest BCUT2D eigenvalue weighted by Gasteiger charge is 2.17. The largest absolute Gasteiger partial charge is 0.858 e. The Labute approximate surface area is 239 Å². The molecule has 0 saturated heterocycles. The maximum Gasteiger partial charge on any atom is 0.255 e. The van der Waals surface area contributed by atoms with E-state index in [9.17, 15) is 14.3 Å². The average Bonchev–Trinajstić information content (AvgIpc) is 3.69. The van der Waals surface area contributed by atoms with Crippen LogP contribution < -0.4 is 10.4 Å². The van der Waals surface area contributed by atoms with Crippen molar-refractivity contribution in [3.8, 4) is 11.3 Å². The summed E-state index contributed by atoms with van der Waals surface area (Å²) in [5.74, 6) is -0.713. The number of hydrogen-bond acceptors (Lipinski definition) is 7. The number of aliphatic imine (C=N–C) groups is 1. The number of thiazole rings is 1. The fourth-order valence-corrected chi connectivity index (χ4v) is 5.57. The highest BCUT2D eigenvalue weighted by atomic mass is 32.2. The number of hydrogen-bond donors (Lipinski definition) is 2. The van der Waals surface area contributed by atoms with Gasteiger partial charge in [0.05, 0.1) is 27.8 Å². The van der Waals surface area contributed by atoms with E-state index >= 15 is 0 Å². The Balaban J connectivity index is 1.27. The van der Waals surface area contributed by atoms with E-state index in [2.05, 4.69) is 49.5 Å². The van der Waals surface area contributed by atoms with Crippen LogP contribution in [-0.4, -0.2) is 39.6 Å². The number of benzene rings is 3. The molecule has 0 saturated carbocycles. The van der Waals surface area contributed by atoms with Crippen LogP contribution in [0.25, 0.3) is 22.0 Å². The molecule has 0 aliphatic carbocycles. The SMILES string of the molecule is CSc1cccc(F)c1C(=O)NCCCCC(N=C([O-])c1cncs1)c1ncc(-c2ccc3ccccc3c2)[nH]1. The first-order valence-electron chi connectivity index (χ1n) is 12.8.